The van der Waals surface area contributed by atoms with Gasteiger partial charge < -0.3 is 14.7 Å². The molecule has 0 aromatic heterocycles. The zero-order valence-corrected chi connectivity index (χ0v) is 16.1. The van der Waals surface area contributed by atoms with Gasteiger partial charge in [-0.15, -0.1) is 0 Å². The van der Waals surface area contributed by atoms with Crippen LogP contribution in [0.2, 0.25) is 0 Å². The van der Waals surface area contributed by atoms with E-state index >= 15 is 0 Å². The van der Waals surface area contributed by atoms with Crippen LogP contribution in [0.15, 0.2) is 54.6 Å². The lowest BCUT2D eigenvalue weighted by molar-refractivity contribution is -0.184. The number of nitrogens with zero attached hydrogens (tertiary/aromatic N) is 1. The number of benzene rings is 2. The molecule has 5 rings (SSSR count). The lowest BCUT2D eigenvalue weighted by Crippen LogP contribution is -2.46. The summed E-state index contributed by atoms with van der Waals surface area (Å²) in [6.45, 7) is 4.42. The van der Waals surface area contributed by atoms with Gasteiger partial charge in [0.05, 0.1) is 13.2 Å². The molecule has 3 aliphatic rings. The highest BCUT2D eigenvalue weighted by Gasteiger charge is 2.40. The Morgan fingerprint density at radius 1 is 1.11 bits per heavy atom. The molecule has 0 radical (unpaired) electrons. The Morgan fingerprint density at radius 2 is 1.86 bits per heavy atom. The molecular weight excluding hydrogens is 350 g/mol. The van der Waals surface area contributed by atoms with Gasteiger partial charge in [0, 0.05) is 18.7 Å². The third-order valence-electron chi connectivity index (χ3n) is 6.52. The molecule has 1 N–H and O–H groups in total. The molecule has 2 saturated heterocycles. The third kappa shape index (κ3) is 2.88. The van der Waals surface area contributed by atoms with Crippen LogP contribution in [0.1, 0.15) is 33.5 Å². The molecule has 2 fully saturated rings. The molecule has 2 atom stereocenters. The van der Waals surface area contributed by atoms with Crippen LogP contribution in [0.4, 0.5) is 0 Å². The first-order valence-electron chi connectivity index (χ1n) is 10.0. The number of hydrogen-bond acceptors (Lipinski definition) is 3. The van der Waals surface area contributed by atoms with Gasteiger partial charge in [0.15, 0.2) is 0 Å². The highest BCUT2D eigenvalue weighted by molar-refractivity contribution is 5.94. The van der Waals surface area contributed by atoms with E-state index in [2.05, 4.69) is 37.3 Å². The van der Waals surface area contributed by atoms with Gasteiger partial charge in [-0.3, -0.25) is 4.79 Å². The Labute approximate surface area is 165 Å². The van der Waals surface area contributed by atoms with Gasteiger partial charge in [0.25, 0.3) is 5.91 Å². The Morgan fingerprint density at radius 3 is 2.50 bits per heavy atom. The molecule has 0 bridgehead atoms. The molecule has 2 aliphatic heterocycles. The second-order valence-electron chi connectivity index (χ2n) is 8.45. The zero-order chi connectivity index (χ0) is 19.3. The molecule has 0 saturated carbocycles. The number of ether oxygens (including phenoxy) is 1. The highest BCUT2D eigenvalue weighted by Crippen LogP contribution is 2.42. The number of carbonyl (C=O) groups excluding carboxylic acids is 1. The maximum atomic E-state index is 12.9. The number of fused-ring (bicyclic) bond motifs is 1. The molecule has 28 heavy (non-hydrogen) atoms. The number of amides is 1. The third-order valence-corrected chi connectivity index (χ3v) is 6.52. The van der Waals surface area contributed by atoms with Crippen LogP contribution in [0.5, 0.6) is 0 Å². The number of likely N-dealkylation sites (tertiary alicyclic amines) is 1. The first-order valence-corrected chi connectivity index (χ1v) is 10.0. The Hall–Kier alpha value is -2.43. The highest BCUT2D eigenvalue weighted by atomic mass is 16.5. The molecule has 2 aromatic rings. The predicted molar refractivity (Wildman–Crippen MR) is 108 cm³/mol. The number of aliphatic hydroxyl groups is 1. The van der Waals surface area contributed by atoms with Crippen molar-refractivity contribution < 1.29 is 14.6 Å². The van der Waals surface area contributed by atoms with Crippen LogP contribution in [-0.2, 0) is 10.3 Å². The Bertz CT molecular complexity index is 943. The minimum atomic E-state index is -0.886. The quantitative estimate of drug-likeness (QED) is 0.895. The van der Waals surface area contributed by atoms with E-state index in [1.807, 2.05) is 29.2 Å². The van der Waals surface area contributed by atoms with Crippen molar-refractivity contribution in [3.63, 3.8) is 0 Å². The standard InChI is InChI=1S/C24H25NO3/c1-16-4-2-3-5-22(16)18-10-19-12-25(13-20(19)11-18)23(26)17-6-8-21(9-7-17)24(27)14-28-15-24/h2-10,19-20,27H,11-15H2,1H3. The van der Waals surface area contributed by atoms with Crippen molar-refractivity contribution in [2.45, 2.75) is 18.9 Å². The van der Waals surface area contributed by atoms with E-state index in [1.165, 1.54) is 16.7 Å². The van der Waals surface area contributed by atoms with Crippen LogP contribution in [0, 0.1) is 18.8 Å². The lowest BCUT2D eigenvalue weighted by Gasteiger charge is -2.36. The average molecular weight is 375 g/mol. The Kier molecular flexibility index (Phi) is 4.14. The first-order chi connectivity index (χ1) is 13.5. The second kappa shape index (κ2) is 6.57. The van der Waals surface area contributed by atoms with Crippen molar-refractivity contribution in [3.8, 4) is 0 Å². The van der Waals surface area contributed by atoms with Crippen LogP contribution in [0.25, 0.3) is 5.57 Å². The van der Waals surface area contributed by atoms with Gasteiger partial charge in [-0.2, -0.15) is 0 Å². The maximum absolute atomic E-state index is 12.9. The summed E-state index contributed by atoms with van der Waals surface area (Å²) in [6, 6.07) is 15.9. The molecule has 2 unspecified atom stereocenters. The lowest BCUT2D eigenvalue weighted by atomic mass is 9.91. The molecule has 1 amide bonds. The van der Waals surface area contributed by atoms with Gasteiger partial charge >= 0.3 is 0 Å². The van der Waals surface area contributed by atoms with Crippen LogP contribution in [-0.4, -0.2) is 42.2 Å². The van der Waals surface area contributed by atoms with Crippen molar-refractivity contribution in [2.24, 2.45) is 11.8 Å². The van der Waals surface area contributed by atoms with Crippen molar-refractivity contribution in [1.29, 1.82) is 0 Å². The smallest absolute Gasteiger partial charge is 0.253 e. The fourth-order valence-electron chi connectivity index (χ4n) is 4.78. The number of allylic oxidation sites excluding steroid dienone is 1. The van der Waals surface area contributed by atoms with Gasteiger partial charge in [-0.05, 0) is 59.6 Å². The fourth-order valence-corrected chi connectivity index (χ4v) is 4.78. The number of rotatable bonds is 3. The summed E-state index contributed by atoms with van der Waals surface area (Å²) in [6.07, 6.45) is 3.43. The summed E-state index contributed by atoms with van der Waals surface area (Å²) in [7, 11) is 0. The summed E-state index contributed by atoms with van der Waals surface area (Å²) < 4.78 is 5.11. The SMILES string of the molecule is Cc1ccccc1C1=CC2CN(C(=O)c3ccc(C4(O)COC4)cc3)CC2C1. The molecule has 1 aliphatic carbocycles. The number of carbonyl (C=O) groups is 1. The summed E-state index contributed by atoms with van der Waals surface area (Å²) >= 11 is 0. The minimum absolute atomic E-state index is 0.0867. The van der Waals surface area contributed by atoms with E-state index in [9.17, 15) is 9.90 Å². The molecule has 0 spiro atoms. The van der Waals surface area contributed by atoms with Crippen molar-refractivity contribution >= 4 is 11.5 Å². The fraction of sp³-hybridized carbons (Fsp3) is 0.375. The van der Waals surface area contributed by atoms with E-state index in [-0.39, 0.29) is 5.91 Å². The molecular formula is C24H25NO3. The largest absolute Gasteiger partial charge is 0.380 e. The summed E-state index contributed by atoms with van der Waals surface area (Å²) in [5, 5.41) is 10.3. The van der Waals surface area contributed by atoms with Crippen molar-refractivity contribution in [1.82, 2.24) is 4.90 Å². The van der Waals surface area contributed by atoms with E-state index < -0.39 is 5.60 Å². The van der Waals surface area contributed by atoms with E-state index in [4.69, 9.17) is 4.74 Å². The molecule has 4 heteroatoms. The van der Waals surface area contributed by atoms with Crippen molar-refractivity contribution in [2.75, 3.05) is 26.3 Å². The summed E-state index contributed by atoms with van der Waals surface area (Å²) in [4.78, 5) is 14.9. The Balaban J connectivity index is 1.28. The molecule has 2 aromatic carbocycles. The molecule has 2 heterocycles. The normalized spacial score (nSPS) is 25.2. The minimum Gasteiger partial charge on any atom is -0.380 e. The maximum Gasteiger partial charge on any atom is 0.253 e. The van der Waals surface area contributed by atoms with Gasteiger partial charge in [-0.1, -0.05) is 42.5 Å². The van der Waals surface area contributed by atoms with E-state index in [0.717, 1.165) is 25.1 Å². The van der Waals surface area contributed by atoms with Crippen LogP contribution < -0.4 is 0 Å². The topological polar surface area (TPSA) is 49.8 Å². The summed E-state index contributed by atoms with van der Waals surface area (Å²) in [5.41, 5.74) is 4.72. The monoisotopic (exact) mass is 375 g/mol. The predicted octanol–water partition coefficient (Wildman–Crippen LogP) is 3.39. The van der Waals surface area contributed by atoms with Gasteiger partial charge in [0.2, 0.25) is 0 Å². The van der Waals surface area contributed by atoms with E-state index in [0.29, 0.717) is 30.6 Å². The van der Waals surface area contributed by atoms with Crippen LogP contribution >= 0.6 is 0 Å². The van der Waals surface area contributed by atoms with Crippen LogP contribution in [0.3, 0.4) is 0 Å². The number of aryl methyl sites for hydroxylation is 1. The molecule has 144 valence electrons. The van der Waals surface area contributed by atoms with Gasteiger partial charge in [-0.25, -0.2) is 0 Å². The second-order valence-corrected chi connectivity index (χ2v) is 8.45. The van der Waals surface area contributed by atoms with E-state index in [1.54, 1.807) is 0 Å². The first kappa shape index (κ1) is 17.7. The van der Waals surface area contributed by atoms with Gasteiger partial charge in [0.1, 0.15) is 5.60 Å². The zero-order valence-electron chi connectivity index (χ0n) is 16.1. The average Bonchev–Trinajstić information content (AvgIpc) is 3.25. The summed E-state index contributed by atoms with van der Waals surface area (Å²) in [5.74, 6) is 1.06. The van der Waals surface area contributed by atoms with Crippen molar-refractivity contribution in [3.05, 3.63) is 76.9 Å². The molecule has 4 nitrogen and oxygen atoms in total. The number of hydrogen-bond donors (Lipinski definition) is 1.